The monoisotopic (exact) mass is 265 g/mol. The number of hydrogen-bond acceptors (Lipinski definition) is 4. The van der Waals surface area contributed by atoms with Gasteiger partial charge in [-0.1, -0.05) is 17.7 Å². The van der Waals surface area contributed by atoms with Gasteiger partial charge in [-0.2, -0.15) is 5.10 Å². The molecule has 0 atom stereocenters. The molecule has 6 heteroatoms. The van der Waals surface area contributed by atoms with Crippen molar-refractivity contribution in [3.8, 4) is 0 Å². The number of pyridine rings is 1. The maximum atomic E-state index is 11.6. The predicted octanol–water partition coefficient (Wildman–Crippen LogP) is 2.56. The van der Waals surface area contributed by atoms with E-state index in [9.17, 15) is 4.79 Å². The lowest BCUT2D eigenvalue weighted by atomic mass is 10.3. The summed E-state index contributed by atoms with van der Waals surface area (Å²) in [7, 11) is 0. The van der Waals surface area contributed by atoms with Crippen molar-refractivity contribution in [3.05, 3.63) is 51.4 Å². The van der Waals surface area contributed by atoms with E-state index >= 15 is 0 Å². The molecule has 0 radical (unpaired) electrons. The average Bonchev–Trinajstić information content (AvgIpc) is 2.77. The number of carbonyl (C=O) groups is 1. The van der Waals surface area contributed by atoms with Gasteiger partial charge in [0, 0.05) is 18.0 Å². The van der Waals surface area contributed by atoms with Crippen LogP contribution in [0, 0.1) is 0 Å². The summed E-state index contributed by atoms with van der Waals surface area (Å²) >= 11 is 6.94. The summed E-state index contributed by atoms with van der Waals surface area (Å²) in [5, 5.41) is 3.83. The number of aromatic nitrogens is 1. The lowest BCUT2D eigenvalue weighted by Crippen LogP contribution is -2.16. The minimum Gasteiger partial charge on any atom is -0.266 e. The SMILES string of the molecule is O=C(N/N=C\c1cccnc1)c1ccc(Cl)s1. The summed E-state index contributed by atoms with van der Waals surface area (Å²) in [6, 6.07) is 6.96. The number of hydrogen-bond donors (Lipinski definition) is 1. The molecule has 2 heterocycles. The molecule has 0 aliphatic heterocycles. The van der Waals surface area contributed by atoms with Gasteiger partial charge in [-0.25, -0.2) is 5.43 Å². The summed E-state index contributed by atoms with van der Waals surface area (Å²) in [4.78, 5) is 16.0. The third-order valence-corrected chi connectivity index (χ3v) is 3.09. The molecular formula is C11H8ClN3OS. The van der Waals surface area contributed by atoms with Gasteiger partial charge >= 0.3 is 0 Å². The number of thiophene rings is 1. The number of rotatable bonds is 3. The predicted molar refractivity (Wildman–Crippen MR) is 68.6 cm³/mol. The first kappa shape index (κ1) is 11.8. The molecule has 0 unspecified atom stereocenters. The van der Waals surface area contributed by atoms with Crippen LogP contribution in [0.1, 0.15) is 15.2 Å². The van der Waals surface area contributed by atoms with Crippen molar-refractivity contribution >= 4 is 35.1 Å². The summed E-state index contributed by atoms with van der Waals surface area (Å²) in [6.07, 6.45) is 4.85. The molecule has 4 nitrogen and oxygen atoms in total. The van der Waals surface area contributed by atoms with Crippen molar-refractivity contribution in [2.45, 2.75) is 0 Å². The molecule has 86 valence electrons. The molecule has 17 heavy (non-hydrogen) atoms. The topological polar surface area (TPSA) is 54.4 Å². The number of halogens is 1. The molecule has 0 saturated carbocycles. The van der Waals surface area contributed by atoms with Crippen LogP contribution < -0.4 is 5.43 Å². The lowest BCUT2D eigenvalue weighted by molar-refractivity contribution is 0.0959. The Hall–Kier alpha value is -1.72. The van der Waals surface area contributed by atoms with E-state index in [-0.39, 0.29) is 5.91 Å². The van der Waals surface area contributed by atoms with E-state index in [4.69, 9.17) is 11.6 Å². The highest BCUT2D eigenvalue weighted by atomic mass is 35.5. The zero-order chi connectivity index (χ0) is 12.1. The van der Waals surface area contributed by atoms with Crippen molar-refractivity contribution in [3.63, 3.8) is 0 Å². The fraction of sp³-hybridized carbons (Fsp3) is 0. The molecule has 2 aromatic heterocycles. The standard InChI is InChI=1S/C11H8ClN3OS/c12-10-4-3-9(17-10)11(16)15-14-7-8-2-1-5-13-6-8/h1-7H,(H,15,16)/b14-7-. The maximum absolute atomic E-state index is 11.6. The summed E-state index contributed by atoms with van der Waals surface area (Å²) in [5.41, 5.74) is 3.23. The molecule has 2 aromatic rings. The van der Waals surface area contributed by atoms with E-state index in [0.717, 1.165) is 5.56 Å². The second kappa shape index (κ2) is 5.56. The van der Waals surface area contributed by atoms with Crippen LogP contribution in [0.25, 0.3) is 0 Å². The normalized spacial score (nSPS) is 10.6. The van der Waals surface area contributed by atoms with Gasteiger partial charge in [-0.05, 0) is 18.2 Å². The second-order valence-corrected chi connectivity index (χ2v) is 4.80. The van der Waals surface area contributed by atoms with Crippen LogP contribution in [0.15, 0.2) is 41.8 Å². The maximum Gasteiger partial charge on any atom is 0.281 e. The highest BCUT2D eigenvalue weighted by Crippen LogP contribution is 2.20. The van der Waals surface area contributed by atoms with Gasteiger partial charge in [0.15, 0.2) is 0 Å². The molecule has 0 fully saturated rings. The molecule has 0 aliphatic rings. The smallest absolute Gasteiger partial charge is 0.266 e. The van der Waals surface area contributed by atoms with Gasteiger partial charge in [-0.15, -0.1) is 11.3 Å². The van der Waals surface area contributed by atoms with E-state index in [1.165, 1.54) is 17.6 Å². The van der Waals surface area contributed by atoms with Crippen molar-refractivity contribution < 1.29 is 4.79 Å². The highest BCUT2D eigenvalue weighted by molar-refractivity contribution is 7.17. The summed E-state index contributed by atoms with van der Waals surface area (Å²) in [6.45, 7) is 0. The van der Waals surface area contributed by atoms with Crippen molar-refractivity contribution in [1.29, 1.82) is 0 Å². The highest BCUT2D eigenvalue weighted by Gasteiger charge is 2.06. The number of carbonyl (C=O) groups excluding carboxylic acids is 1. The Bertz CT molecular complexity index is 539. The van der Waals surface area contributed by atoms with E-state index in [1.54, 1.807) is 30.6 Å². The molecule has 0 spiro atoms. The molecule has 1 amide bonds. The Morgan fingerprint density at radius 2 is 2.35 bits per heavy atom. The zero-order valence-electron chi connectivity index (χ0n) is 8.63. The van der Waals surface area contributed by atoms with Crippen molar-refractivity contribution in [1.82, 2.24) is 10.4 Å². The number of nitrogens with one attached hydrogen (secondary N) is 1. The van der Waals surface area contributed by atoms with Gasteiger partial charge in [0.1, 0.15) is 0 Å². The van der Waals surface area contributed by atoms with Crippen LogP contribution in [-0.4, -0.2) is 17.1 Å². The van der Waals surface area contributed by atoms with Gasteiger partial charge in [0.2, 0.25) is 0 Å². The fourth-order valence-electron chi connectivity index (χ4n) is 1.11. The van der Waals surface area contributed by atoms with Crippen molar-refractivity contribution in [2.75, 3.05) is 0 Å². The summed E-state index contributed by atoms with van der Waals surface area (Å²) in [5.74, 6) is -0.276. The quantitative estimate of drug-likeness (QED) is 0.685. The van der Waals surface area contributed by atoms with Gasteiger partial charge in [0.05, 0.1) is 15.4 Å². The van der Waals surface area contributed by atoms with E-state index in [2.05, 4.69) is 15.5 Å². The van der Waals surface area contributed by atoms with Crippen molar-refractivity contribution in [2.24, 2.45) is 5.10 Å². The van der Waals surface area contributed by atoms with E-state index in [1.807, 2.05) is 6.07 Å². The lowest BCUT2D eigenvalue weighted by Gasteiger charge is -1.95. The van der Waals surface area contributed by atoms with Crippen LogP contribution in [-0.2, 0) is 0 Å². The first-order chi connectivity index (χ1) is 8.25. The van der Waals surface area contributed by atoms with E-state index < -0.39 is 0 Å². The van der Waals surface area contributed by atoms with E-state index in [0.29, 0.717) is 9.21 Å². The number of nitrogens with zero attached hydrogens (tertiary/aromatic N) is 2. The first-order valence-electron chi connectivity index (χ1n) is 4.74. The van der Waals surface area contributed by atoms with Crippen LogP contribution in [0.2, 0.25) is 4.34 Å². The Kier molecular flexibility index (Phi) is 3.85. The molecule has 1 N–H and O–H groups in total. The average molecular weight is 266 g/mol. The molecule has 2 rings (SSSR count). The third-order valence-electron chi connectivity index (χ3n) is 1.86. The third kappa shape index (κ3) is 3.37. The molecule has 0 saturated heterocycles. The zero-order valence-corrected chi connectivity index (χ0v) is 10.2. The second-order valence-electron chi connectivity index (χ2n) is 3.09. The molecule has 0 aromatic carbocycles. The molecule has 0 aliphatic carbocycles. The first-order valence-corrected chi connectivity index (χ1v) is 5.94. The van der Waals surface area contributed by atoms with Crippen LogP contribution in [0.4, 0.5) is 0 Å². The van der Waals surface area contributed by atoms with Crippen LogP contribution in [0.5, 0.6) is 0 Å². The Morgan fingerprint density at radius 1 is 1.47 bits per heavy atom. The minimum atomic E-state index is -0.276. The minimum absolute atomic E-state index is 0.276. The molecular weight excluding hydrogens is 258 g/mol. The van der Waals surface area contributed by atoms with Gasteiger partial charge in [0.25, 0.3) is 5.91 Å². The number of amides is 1. The Labute approximate surface area is 107 Å². The van der Waals surface area contributed by atoms with Gasteiger partial charge in [-0.3, -0.25) is 9.78 Å². The summed E-state index contributed by atoms with van der Waals surface area (Å²) < 4.78 is 0.575. The van der Waals surface area contributed by atoms with Crippen LogP contribution in [0.3, 0.4) is 0 Å². The number of hydrazone groups is 1. The fourth-order valence-corrected chi connectivity index (χ4v) is 2.04. The Balaban J connectivity index is 1.95. The largest absolute Gasteiger partial charge is 0.281 e. The van der Waals surface area contributed by atoms with Crippen LogP contribution >= 0.6 is 22.9 Å². The molecule has 0 bridgehead atoms. The Morgan fingerprint density at radius 3 is 3.00 bits per heavy atom. The van der Waals surface area contributed by atoms with Gasteiger partial charge < -0.3 is 0 Å².